The van der Waals surface area contributed by atoms with Crippen LogP contribution in [0.15, 0.2) is 0 Å². The van der Waals surface area contributed by atoms with E-state index in [1.165, 1.54) is 4.90 Å². The molecule has 1 aliphatic rings. The topological polar surface area (TPSA) is 64.4 Å². The molecule has 1 atom stereocenters. The SMILES string of the molecule is CCN(C)C(=O)CN1CC(C#N)CC1=O. The Bertz CT molecular complexity index is 308. The van der Waals surface area contributed by atoms with Gasteiger partial charge in [-0.15, -0.1) is 0 Å². The Morgan fingerprint density at radius 1 is 1.73 bits per heavy atom. The Morgan fingerprint density at radius 2 is 2.40 bits per heavy atom. The van der Waals surface area contributed by atoms with Gasteiger partial charge in [0.05, 0.1) is 18.5 Å². The second-order valence-electron chi connectivity index (χ2n) is 3.71. The standard InChI is InChI=1S/C10H15N3O2/c1-3-12(2)10(15)7-13-6-8(5-11)4-9(13)14/h8H,3-4,6-7H2,1-2H3. The second-order valence-corrected chi connectivity index (χ2v) is 3.71. The van der Waals surface area contributed by atoms with Crippen molar-refractivity contribution in [3.05, 3.63) is 0 Å². The van der Waals surface area contributed by atoms with Crippen LogP contribution in [0, 0.1) is 17.2 Å². The molecule has 0 N–H and O–H groups in total. The van der Waals surface area contributed by atoms with Gasteiger partial charge in [0.25, 0.3) is 0 Å². The Balaban J connectivity index is 2.50. The van der Waals surface area contributed by atoms with Crippen molar-refractivity contribution >= 4 is 11.8 Å². The number of hydrogen-bond donors (Lipinski definition) is 0. The van der Waals surface area contributed by atoms with Crippen molar-refractivity contribution in [2.45, 2.75) is 13.3 Å². The van der Waals surface area contributed by atoms with Crippen molar-refractivity contribution < 1.29 is 9.59 Å². The molecule has 1 unspecified atom stereocenters. The molecule has 5 heteroatoms. The quantitative estimate of drug-likeness (QED) is 0.648. The van der Waals surface area contributed by atoms with Crippen molar-refractivity contribution in [3.8, 4) is 6.07 Å². The number of nitrogens with zero attached hydrogens (tertiary/aromatic N) is 3. The Hall–Kier alpha value is -1.57. The van der Waals surface area contributed by atoms with E-state index in [0.29, 0.717) is 13.1 Å². The third-order valence-electron chi connectivity index (χ3n) is 2.62. The van der Waals surface area contributed by atoms with Crippen LogP contribution in [0.5, 0.6) is 0 Å². The van der Waals surface area contributed by atoms with E-state index in [1.807, 2.05) is 6.92 Å². The Kier molecular flexibility index (Phi) is 3.67. The zero-order chi connectivity index (χ0) is 11.4. The first-order chi connectivity index (χ1) is 7.08. The highest BCUT2D eigenvalue weighted by atomic mass is 16.2. The van der Waals surface area contributed by atoms with Gasteiger partial charge in [-0.05, 0) is 6.92 Å². The van der Waals surface area contributed by atoms with Crippen LogP contribution >= 0.6 is 0 Å². The van der Waals surface area contributed by atoms with Crippen LogP contribution in [0.25, 0.3) is 0 Å². The van der Waals surface area contributed by atoms with Gasteiger partial charge in [0, 0.05) is 26.6 Å². The summed E-state index contributed by atoms with van der Waals surface area (Å²) in [6.45, 7) is 2.99. The van der Waals surface area contributed by atoms with Crippen LogP contribution in [0.2, 0.25) is 0 Å². The highest BCUT2D eigenvalue weighted by Crippen LogP contribution is 2.16. The molecule has 1 heterocycles. The molecular weight excluding hydrogens is 194 g/mol. The minimum atomic E-state index is -0.253. The molecule has 1 saturated heterocycles. The lowest BCUT2D eigenvalue weighted by Crippen LogP contribution is -2.39. The lowest BCUT2D eigenvalue weighted by Gasteiger charge is -2.20. The van der Waals surface area contributed by atoms with Gasteiger partial charge in [0.2, 0.25) is 11.8 Å². The third kappa shape index (κ3) is 2.69. The summed E-state index contributed by atoms with van der Waals surface area (Å²) < 4.78 is 0. The number of amides is 2. The van der Waals surface area contributed by atoms with Crippen molar-refractivity contribution in [2.75, 3.05) is 26.7 Å². The van der Waals surface area contributed by atoms with E-state index in [0.717, 1.165) is 0 Å². The number of hydrogen-bond acceptors (Lipinski definition) is 3. The monoisotopic (exact) mass is 209 g/mol. The fraction of sp³-hybridized carbons (Fsp3) is 0.700. The smallest absolute Gasteiger partial charge is 0.241 e. The van der Waals surface area contributed by atoms with Gasteiger partial charge in [-0.2, -0.15) is 5.26 Å². The summed E-state index contributed by atoms with van der Waals surface area (Å²) in [5.41, 5.74) is 0. The predicted molar refractivity (Wildman–Crippen MR) is 53.6 cm³/mol. The lowest BCUT2D eigenvalue weighted by atomic mass is 10.1. The van der Waals surface area contributed by atoms with E-state index >= 15 is 0 Å². The average Bonchev–Trinajstić information content (AvgIpc) is 2.58. The molecule has 5 nitrogen and oxygen atoms in total. The number of likely N-dealkylation sites (N-methyl/N-ethyl adjacent to an activating group) is 1. The zero-order valence-electron chi connectivity index (χ0n) is 9.06. The molecule has 0 aliphatic carbocycles. The highest BCUT2D eigenvalue weighted by molar-refractivity contribution is 5.86. The fourth-order valence-electron chi connectivity index (χ4n) is 1.47. The summed E-state index contributed by atoms with van der Waals surface area (Å²) in [6.07, 6.45) is 0.250. The summed E-state index contributed by atoms with van der Waals surface area (Å²) >= 11 is 0. The van der Waals surface area contributed by atoms with Gasteiger partial charge >= 0.3 is 0 Å². The van der Waals surface area contributed by atoms with E-state index in [9.17, 15) is 9.59 Å². The van der Waals surface area contributed by atoms with Crippen LogP contribution in [0.4, 0.5) is 0 Å². The minimum absolute atomic E-state index is 0.0792. The van der Waals surface area contributed by atoms with E-state index in [4.69, 9.17) is 5.26 Å². The molecule has 0 aromatic rings. The molecule has 82 valence electrons. The van der Waals surface area contributed by atoms with Gasteiger partial charge in [-0.3, -0.25) is 9.59 Å². The number of carbonyl (C=O) groups is 2. The molecule has 0 bridgehead atoms. The summed E-state index contributed by atoms with van der Waals surface area (Å²) in [5, 5.41) is 8.67. The molecule has 0 aromatic heterocycles. The minimum Gasteiger partial charge on any atom is -0.345 e. The molecule has 0 radical (unpaired) electrons. The molecule has 0 saturated carbocycles. The zero-order valence-corrected chi connectivity index (χ0v) is 9.06. The normalized spacial score (nSPS) is 20.2. The summed E-state index contributed by atoms with van der Waals surface area (Å²) in [6, 6.07) is 2.05. The van der Waals surface area contributed by atoms with Crippen molar-refractivity contribution in [1.29, 1.82) is 5.26 Å². The van der Waals surface area contributed by atoms with E-state index < -0.39 is 0 Å². The molecule has 15 heavy (non-hydrogen) atoms. The van der Waals surface area contributed by atoms with Crippen LogP contribution < -0.4 is 0 Å². The molecule has 1 aliphatic heterocycles. The molecule has 2 amide bonds. The maximum atomic E-state index is 11.5. The van der Waals surface area contributed by atoms with E-state index in [1.54, 1.807) is 11.9 Å². The Morgan fingerprint density at radius 3 is 2.87 bits per heavy atom. The summed E-state index contributed by atoms with van der Waals surface area (Å²) in [5.74, 6) is -0.430. The molecule has 1 fully saturated rings. The van der Waals surface area contributed by atoms with Gasteiger partial charge < -0.3 is 9.80 Å². The van der Waals surface area contributed by atoms with Crippen molar-refractivity contribution in [1.82, 2.24) is 9.80 Å². The maximum absolute atomic E-state index is 11.5. The van der Waals surface area contributed by atoms with Crippen LogP contribution in [0.1, 0.15) is 13.3 Å². The summed E-state index contributed by atoms with van der Waals surface area (Å²) in [7, 11) is 1.70. The molecular formula is C10H15N3O2. The highest BCUT2D eigenvalue weighted by Gasteiger charge is 2.30. The van der Waals surface area contributed by atoms with Crippen LogP contribution in [-0.4, -0.2) is 48.3 Å². The van der Waals surface area contributed by atoms with E-state index in [2.05, 4.69) is 6.07 Å². The largest absolute Gasteiger partial charge is 0.345 e. The van der Waals surface area contributed by atoms with Crippen molar-refractivity contribution in [3.63, 3.8) is 0 Å². The maximum Gasteiger partial charge on any atom is 0.241 e. The lowest BCUT2D eigenvalue weighted by molar-refractivity contribution is -0.137. The Labute approximate surface area is 89.3 Å². The predicted octanol–water partition coefficient (Wildman–Crippen LogP) is -0.163. The van der Waals surface area contributed by atoms with E-state index in [-0.39, 0.29) is 30.7 Å². The first-order valence-corrected chi connectivity index (χ1v) is 4.99. The van der Waals surface area contributed by atoms with Crippen molar-refractivity contribution in [2.24, 2.45) is 5.92 Å². The summed E-state index contributed by atoms with van der Waals surface area (Å²) in [4.78, 5) is 25.9. The van der Waals surface area contributed by atoms with Crippen LogP contribution in [-0.2, 0) is 9.59 Å². The van der Waals surface area contributed by atoms with Gasteiger partial charge in [-0.1, -0.05) is 0 Å². The third-order valence-corrected chi connectivity index (χ3v) is 2.62. The molecule has 0 spiro atoms. The number of likely N-dealkylation sites (tertiary alicyclic amines) is 1. The average molecular weight is 209 g/mol. The van der Waals surface area contributed by atoms with Crippen LogP contribution in [0.3, 0.4) is 0 Å². The fourth-order valence-corrected chi connectivity index (χ4v) is 1.47. The van der Waals surface area contributed by atoms with Gasteiger partial charge in [-0.25, -0.2) is 0 Å². The molecule has 1 rings (SSSR count). The first kappa shape index (κ1) is 11.5. The first-order valence-electron chi connectivity index (χ1n) is 4.99. The number of nitriles is 1. The second kappa shape index (κ2) is 4.78. The molecule has 0 aromatic carbocycles. The van der Waals surface area contributed by atoms with Gasteiger partial charge in [0.1, 0.15) is 0 Å². The van der Waals surface area contributed by atoms with Gasteiger partial charge in [0.15, 0.2) is 0 Å². The number of carbonyl (C=O) groups excluding carboxylic acids is 2. The number of rotatable bonds is 3.